The monoisotopic (exact) mass is 341 g/mol. The van der Waals surface area contributed by atoms with E-state index in [2.05, 4.69) is 15.6 Å². The molecule has 5 heteroatoms. The highest BCUT2D eigenvalue weighted by molar-refractivity contribution is 5.89. The van der Waals surface area contributed by atoms with Crippen molar-refractivity contribution in [3.05, 3.63) is 36.0 Å². The van der Waals surface area contributed by atoms with Crippen LogP contribution in [0.3, 0.4) is 0 Å². The van der Waals surface area contributed by atoms with Crippen LogP contribution in [0.2, 0.25) is 0 Å². The first-order valence-electron chi connectivity index (χ1n) is 9.26. The average molecular weight is 341 g/mol. The Morgan fingerprint density at radius 2 is 1.88 bits per heavy atom. The van der Waals surface area contributed by atoms with Crippen molar-refractivity contribution in [1.29, 1.82) is 0 Å². The Morgan fingerprint density at radius 3 is 2.60 bits per heavy atom. The van der Waals surface area contributed by atoms with Crippen LogP contribution in [0.25, 0.3) is 10.9 Å². The largest absolute Gasteiger partial charge is 0.361 e. The molecule has 1 aliphatic rings. The van der Waals surface area contributed by atoms with E-state index >= 15 is 0 Å². The molecule has 3 N–H and O–H groups in total. The summed E-state index contributed by atoms with van der Waals surface area (Å²) in [4.78, 5) is 27.6. The number of carbonyl (C=O) groups excluding carboxylic acids is 2. The van der Waals surface area contributed by atoms with Crippen LogP contribution in [-0.2, 0) is 16.0 Å². The smallest absolute Gasteiger partial charge is 0.243 e. The van der Waals surface area contributed by atoms with E-state index < -0.39 is 6.04 Å². The summed E-state index contributed by atoms with van der Waals surface area (Å²) in [7, 11) is 0. The first kappa shape index (κ1) is 17.5. The third-order valence-electron chi connectivity index (χ3n) is 4.99. The molecule has 1 unspecified atom stereocenters. The van der Waals surface area contributed by atoms with Crippen LogP contribution in [0.15, 0.2) is 30.5 Å². The molecular formula is C20H27N3O2. The van der Waals surface area contributed by atoms with Crippen LogP contribution in [0.4, 0.5) is 0 Å². The van der Waals surface area contributed by atoms with Crippen LogP contribution in [0.5, 0.6) is 0 Å². The Labute approximate surface area is 148 Å². The zero-order valence-electron chi connectivity index (χ0n) is 14.8. The Kier molecular flexibility index (Phi) is 5.74. The molecule has 3 rings (SSSR count). The minimum atomic E-state index is -0.542. The number of nitrogens with one attached hydrogen (secondary N) is 3. The summed E-state index contributed by atoms with van der Waals surface area (Å²) in [5, 5.41) is 7.08. The molecule has 5 nitrogen and oxygen atoms in total. The van der Waals surface area contributed by atoms with Gasteiger partial charge in [0, 0.05) is 36.5 Å². The molecule has 1 aromatic heterocycles. The first-order valence-corrected chi connectivity index (χ1v) is 9.26. The maximum atomic E-state index is 12.8. The molecule has 0 bridgehead atoms. The lowest BCUT2D eigenvalue weighted by Gasteiger charge is -2.22. The number of hydrogen-bond acceptors (Lipinski definition) is 2. The van der Waals surface area contributed by atoms with E-state index in [1.165, 1.54) is 19.8 Å². The molecule has 1 heterocycles. The van der Waals surface area contributed by atoms with Gasteiger partial charge >= 0.3 is 0 Å². The van der Waals surface area contributed by atoms with Gasteiger partial charge in [-0.1, -0.05) is 43.9 Å². The van der Waals surface area contributed by atoms with E-state index in [9.17, 15) is 9.59 Å². The Balaban J connectivity index is 1.72. The lowest BCUT2D eigenvalue weighted by atomic mass is 10.0. The fraction of sp³-hybridized carbons (Fsp3) is 0.500. The molecule has 1 fully saturated rings. The molecule has 25 heavy (non-hydrogen) atoms. The van der Waals surface area contributed by atoms with Crippen molar-refractivity contribution < 1.29 is 9.59 Å². The van der Waals surface area contributed by atoms with Gasteiger partial charge in [0.15, 0.2) is 0 Å². The number of para-hydroxylation sites is 1. The van der Waals surface area contributed by atoms with Gasteiger partial charge < -0.3 is 15.6 Å². The van der Waals surface area contributed by atoms with Crippen molar-refractivity contribution in [2.75, 3.05) is 0 Å². The number of rotatable bonds is 5. The number of hydrogen-bond donors (Lipinski definition) is 3. The molecule has 1 saturated carbocycles. The summed E-state index contributed by atoms with van der Waals surface area (Å²) in [5.41, 5.74) is 2.09. The second-order valence-corrected chi connectivity index (χ2v) is 7.01. The summed E-state index contributed by atoms with van der Waals surface area (Å²) in [6.07, 6.45) is 9.31. The van der Waals surface area contributed by atoms with E-state index in [1.807, 2.05) is 30.5 Å². The lowest BCUT2D eigenvalue weighted by Crippen LogP contribution is -2.50. The molecule has 0 radical (unpaired) electrons. The van der Waals surface area contributed by atoms with Crippen molar-refractivity contribution in [2.24, 2.45) is 0 Å². The standard InChI is InChI=1S/C20H27N3O2/c1-14(24)22-19(20(25)23-16-8-4-2-3-5-9-16)12-15-13-21-18-11-7-6-10-17(15)18/h6-7,10-11,13,16,19,21H,2-5,8-9,12H2,1H3,(H,22,24)(H,23,25). The maximum absolute atomic E-state index is 12.8. The number of benzene rings is 1. The average Bonchev–Trinajstić information content (AvgIpc) is 2.81. The van der Waals surface area contributed by atoms with E-state index in [1.54, 1.807) is 0 Å². The number of H-pyrrole nitrogens is 1. The molecule has 1 aromatic carbocycles. The van der Waals surface area contributed by atoms with Gasteiger partial charge in [-0.05, 0) is 24.5 Å². The molecule has 2 amide bonds. The minimum absolute atomic E-state index is 0.0765. The van der Waals surface area contributed by atoms with E-state index in [0.717, 1.165) is 42.1 Å². The quantitative estimate of drug-likeness (QED) is 0.731. The summed E-state index contributed by atoms with van der Waals surface area (Å²) >= 11 is 0. The molecule has 1 atom stereocenters. The van der Waals surface area contributed by atoms with Gasteiger partial charge in [0.25, 0.3) is 0 Å². The zero-order valence-corrected chi connectivity index (χ0v) is 14.8. The first-order chi connectivity index (χ1) is 12.1. The third kappa shape index (κ3) is 4.62. The van der Waals surface area contributed by atoms with Gasteiger partial charge in [0.05, 0.1) is 0 Å². The van der Waals surface area contributed by atoms with Crippen molar-refractivity contribution in [3.63, 3.8) is 0 Å². The highest BCUT2D eigenvalue weighted by atomic mass is 16.2. The van der Waals surface area contributed by atoms with E-state index in [-0.39, 0.29) is 17.9 Å². The van der Waals surface area contributed by atoms with Gasteiger partial charge in [-0.15, -0.1) is 0 Å². The van der Waals surface area contributed by atoms with Gasteiger partial charge in [-0.3, -0.25) is 9.59 Å². The molecule has 0 saturated heterocycles. The number of amides is 2. The molecule has 0 aliphatic heterocycles. The zero-order chi connectivity index (χ0) is 17.6. The highest BCUT2D eigenvalue weighted by Crippen LogP contribution is 2.20. The molecule has 1 aliphatic carbocycles. The van der Waals surface area contributed by atoms with Crippen LogP contribution in [-0.4, -0.2) is 28.9 Å². The third-order valence-corrected chi connectivity index (χ3v) is 4.99. The van der Waals surface area contributed by atoms with Crippen molar-refractivity contribution >= 4 is 22.7 Å². The van der Waals surface area contributed by atoms with Gasteiger partial charge in [0.2, 0.25) is 11.8 Å². The molecule has 0 spiro atoms. The van der Waals surface area contributed by atoms with E-state index in [0.29, 0.717) is 6.42 Å². The van der Waals surface area contributed by atoms with Crippen molar-refractivity contribution in [3.8, 4) is 0 Å². The fourth-order valence-corrected chi connectivity index (χ4v) is 3.70. The summed E-state index contributed by atoms with van der Waals surface area (Å²) in [6.45, 7) is 1.46. The summed E-state index contributed by atoms with van der Waals surface area (Å²) in [5.74, 6) is -0.256. The SMILES string of the molecule is CC(=O)NC(Cc1c[nH]c2ccccc12)C(=O)NC1CCCCCC1. The fourth-order valence-electron chi connectivity index (χ4n) is 3.70. The van der Waals surface area contributed by atoms with Crippen molar-refractivity contribution in [1.82, 2.24) is 15.6 Å². The van der Waals surface area contributed by atoms with Gasteiger partial charge in [-0.25, -0.2) is 0 Å². The highest BCUT2D eigenvalue weighted by Gasteiger charge is 2.24. The maximum Gasteiger partial charge on any atom is 0.243 e. The Bertz CT molecular complexity index is 729. The van der Waals surface area contributed by atoms with Crippen LogP contribution in [0, 0.1) is 0 Å². The predicted molar refractivity (Wildman–Crippen MR) is 99.2 cm³/mol. The van der Waals surface area contributed by atoms with Crippen LogP contribution < -0.4 is 10.6 Å². The Morgan fingerprint density at radius 1 is 1.16 bits per heavy atom. The van der Waals surface area contributed by atoms with Gasteiger partial charge in [0.1, 0.15) is 6.04 Å². The predicted octanol–water partition coefficient (Wildman–Crippen LogP) is 3.05. The van der Waals surface area contributed by atoms with Crippen molar-refractivity contribution in [2.45, 2.75) is 64.0 Å². The second-order valence-electron chi connectivity index (χ2n) is 7.01. The minimum Gasteiger partial charge on any atom is -0.361 e. The lowest BCUT2D eigenvalue weighted by molar-refractivity contribution is -0.128. The summed E-state index contributed by atoms with van der Waals surface area (Å²) < 4.78 is 0. The van der Waals surface area contributed by atoms with Crippen LogP contribution >= 0.6 is 0 Å². The number of carbonyl (C=O) groups is 2. The van der Waals surface area contributed by atoms with Crippen LogP contribution in [0.1, 0.15) is 51.0 Å². The number of aromatic nitrogens is 1. The topological polar surface area (TPSA) is 74.0 Å². The molecule has 2 aromatic rings. The van der Waals surface area contributed by atoms with E-state index in [4.69, 9.17) is 0 Å². The summed E-state index contributed by atoms with van der Waals surface area (Å²) in [6, 6.07) is 7.70. The number of fused-ring (bicyclic) bond motifs is 1. The molecule has 134 valence electrons. The molecular weight excluding hydrogens is 314 g/mol. The normalized spacial score (nSPS) is 17.0. The number of aromatic amines is 1. The van der Waals surface area contributed by atoms with Gasteiger partial charge in [-0.2, -0.15) is 0 Å². The Hall–Kier alpha value is -2.30. The second kappa shape index (κ2) is 8.19.